The van der Waals surface area contributed by atoms with Gasteiger partial charge in [0.15, 0.2) is 0 Å². The van der Waals surface area contributed by atoms with Crippen LogP contribution in [0.4, 0.5) is 4.79 Å². The van der Waals surface area contributed by atoms with Crippen LogP contribution >= 0.6 is 11.6 Å². The zero-order chi connectivity index (χ0) is 16.4. The molecule has 3 rings (SSSR count). The summed E-state index contributed by atoms with van der Waals surface area (Å²) in [6.07, 6.45) is 2.98. The van der Waals surface area contributed by atoms with Crippen molar-refractivity contribution in [1.82, 2.24) is 10.2 Å². The van der Waals surface area contributed by atoms with E-state index in [4.69, 9.17) is 16.3 Å². The number of amides is 2. The van der Waals surface area contributed by atoms with Crippen LogP contribution in [-0.2, 0) is 14.9 Å². The molecule has 6 heteroatoms. The smallest absolute Gasteiger partial charge is 0.409 e. The highest BCUT2D eigenvalue weighted by molar-refractivity contribution is 6.30. The first kappa shape index (κ1) is 16.1. The van der Waals surface area contributed by atoms with Crippen LogP contribution in [0.2, 0.25) is 5.02 Å². The van der Waals surface area contributed by atoms with Crippen molar-refractivity contribution >= 4 is 23.6 Å². The molecule has 5 nitrogen and oxygen atoms in total. The van der Waals surface area contributed by atoms with Gasteiger partial charge in [0.25, 0.3) is 0 Å². The quantitative estimate of drug-likeness (QED) is 0.923. The van der Waals surface area contributed by atoms with Crippen molar-refractivity contribution in [2.45, 2.75) is 37.1 Å². The molecule has 1 aliphatic carbocycles. The van der Waals surface area contributed by atoms with Crippen LogP contribution < -0.4 is 5.32 Å². The molecular weight excluding hydrogens is 316 g/mol. The van der Waals surface area contributed by atoms with Crippen LogP contribution in [0.3, 0.4) is 0 Å². The Hall–Kier alpha value is -1.75. The van der Waals surface area contributed by atoms with E-state index in [-0.39, 0.29) is 23.5 Å². The molecule has 0 unspecified atom stereocenters. The number of rotatable bonds is 3. The molecule has 23 heavy (non-hydrogen) atoms. The Morgan fingerprint density at radius 1 is 1.22 bits per heavy atom. The molecule has 0 spiro atoms. The van der Waals surface area contributed by atoms with Crippen LogP contribution in [0.5, 0.6) is 0 Å². The molecule has 2 fully saturated rings. The lowest BCUT2D eigenvalue weighted by atomic mass is 9.94. The summed E-state index contributed by atoms with van der Waals surface area (Å²) in [7, 11) is 1.39. The third kappa shape index (κ3) is 3.29. The Bertz CT molecular complexity index is 590. The van der Waals surface area contributed by atoms with Crippen LogP contribution in [-0.4, -0.2) is 43.1 Å². The summed E-state index contributed by atoms with van der Waals surface area (Å²) in [5.41, 5.74) is 0.649. The van der Waals surface area contributed by atoms with E-state index in [0.29, 0.717) is 18.1 Å². The van der Waals surface area contributed by atoms with Crippen LogP contribution in [0, 0.1) is 0 Å². The Morgan fingerprint density at radius 2 is 1.83 bits per heavy atom. The van der Waals surface area contributed by atoms with Crippen molar-refractivity contribution < 1.29 is 14.3 Å². The first-order valence-corrected chi connectivity index (χ1v) is 8.33. The number of hydrogen-bond acceptors (Lipinski definition) is 3. The fourth-order valence-corrected chi connectivity index (χ4v) is 3.33. The molecule has 124 valence electrons. The molecule has 0 radical (unpaired) electrons. The van der Waals surface area contributed by atoms with Gasteiger partial charge in [0.1, 0.15) is 0 Å². The average Bonchev–Trinajstić information content (AvgIpc) is 3.37. The van der Waals surface area contributed by atoms with Gasteiger partial charge in [-0.25, -0.2) is 4.79 Å². The molecule has 1 saturated carbocycles. The van der Waals surface area contributed by atoms with Gasteiger partial charge < -0.3 is 15.0 Å². The van der Waals surface area contributed by atoms with Crippen molar-refractivity contribution in [3.8, 4) is 0 Å². The van der Waals surface area contributed by atoms with E-state index in [1.807, 2.05) is 24.3 Å². The first-order chi connectivity index (χ1) is 11.0. The SMILES string of the molecule is COC(=O)N1CCC(NC(=O)C2(c3ccc(Cl)cc3)CC2)CC1. The van der Waals surface area contributed by atoms with Crippen molar-refractivity contribution in [1.29, 1.82) is 0 Å². The van der Waals surface area contributed by atoms with Gasteiger partial charge in [0.2, 0.25) is 5.91 Å². The number of likely N-dealkylation sites (tertiary alicyclic amines) is 1. The number of benzene rings is 1. The number of piperidine rings is 1. The number of carbonyl (C=O) groups is 2. The molecule has 1 N–H and O–H groups in total. The average molecular weight is 337 g/mol. The van der Waals surface area contributed by atoms with E-state index in [1.54, 1.807) is 4.90 Å². The summed E-state index contributed by atoms with van der Waals surface area (Å²) in [6, 6.07) is 7.66. The predicted octanol–water partition coefficient (Wildman–Crippen LogP) is 2.72. The Labute approximate surface area is 140 Å². The molecule has 1 aromatic rings. The number of ether oxygens (including phenoxy) is 1. The fourth-order valence-electron chi connectivity index (χ4n) is 3.20. The standard InChI is InChI=1S/C17H21ClN2O3/c1-23-16(22)20-10-6-14(7-11-20)19-15(21)17(8-9-17)12-2-4-13(18)5-3-12/h2-5,14H,6-11H2,1H3,(H,19,21). The van der Waals surface area contributed by atoms with E-state index >= 15 is 0 Å². The normalized spacial score (nSPS) is 20.0. The maximum Gasteiger partial charge on any atom is 0.409 e. The van der Waals surface area contributed by atoms with Gasteiger partial charge in [-0.05, 0) is 43.4 Å². The van der Waals surface area contributed by atoms with Gasteiger partial charge in [0, 0.05) is 24.2 Å². The Morgan fingerprint density at radius 3 is 2.35 bits per heavy atom. The third-order valence-electron chi connectivity index (χ3n) is 4.84. The van der Waals surface area contributed by atoms with Crippen LogP contribution in [0.15, 0.2) is 24.3 Å². The number of nitrogens with one attached hydrogen (secondary N) is 1. The summed E-state index contributed by atoms with van der Waals surface area (Å²) in [5.74, 6) is 0.0938. The zero-order valence-electron chi connectivity index (χ0n) is 13.2. The lowest BCUT2D eigenvalue weighted by Gasteiger charge is -2.32. The summed E-state index contributed by atoms with van der Waals surface area (Å²) < 4.78 is 4.73. The zero-order valence-corrected chi connectivity index (χ0v) is 13.9. The molecule has 2 amide bonds. The van der Waals surface area contributed by atoms with Gasteiger partial charge >= 0.3 is 6.09 Å². The van der Waals surface area contributed by atoms with Gasteiger partial charge in [0.05, 0.1) is 12.5 Å². The molecule has 1 aliphatic heterocycles. The van der Waals surface area contributed by atoms with Crippen LogP contribution in [0.1, 0.15) is 31.2 Å². The summed E-state index contributed by atoms with van der Waals surface area (Å²) in [4.78, 5) is 25.9. The first-order valence-electron chi connectivity index (χ1n) is 7.95. The molecule has 1 heterocycles. The van der Waals surface area contributed by atoms with Crippen LogP contribution in [0.25, 0.3) is 0 Å². The van der Waals surface area contributed by atoms with Crippen molar-refractivity contribution in [2.24, 2.45) is 0 Å². The number of carbonyl (C=O) groups excluding carboxylic acids is 2. The van der Waals surface area contributed by atoms with E-state index in [0.717, 1.165) is 31.2 Å². The maximum atomic E-state index is 12.7. The molecule has 0 atom stereocenters. The molecule has 0 bridgehead atoms. The fraction of sp³-hybridized carbons (Fsp3) is 0.529. The second-order valence-corrected chi connectivity index (χ2v) is 6.73. The number of methoxy groups -OCH3 is 1. The summed E-state index contributed by atoms with van der Waals surface area (Å²) in [5, 5.41) is 3.84. The molecule has 1 aromatic carbocycles. The Balaban J connectivity index is 1.58. The minimum atomic E-state index is -0.385. The highest BCUT2D eigenvalue weighted by atomic mass is 35.5. The molecular formula is C17H21ClN2O3. The molecule has 0 aromatic heterocycles. The molecule has 2 aliphatic rings. The summed E-state index contributed by atoms with van der Waals surface area (Å²) in [6.45, 7) is 1.23. The number of hydrogen-bond donors (Lipinski definition) is 1. The number of nitrogens with zero attached hydrogens (tertiary/aromatic N) is 1. The minimum Gasteiger partial charge on any atom is -0.453 e. The summed E-state index contributed by atoms with van der Waals surface area (Å²) >= 11 is 5.93. The van der Waals surface area contributed by atoms with E-state index in [2.05, 4.69) is 5.32 Å². The minimum absolute atomic E-state index is 0.0938. The van der Waals surface area contributed by atoms with Crippen molar-refractivity contribution in [2.75, 3.05) is 20.2 Å². The lowest BCUT2D eigenvalue weighted by molar-refractivity contribution is -0.124. The van der Waals surface area contributed by atoms with E-state index in [1.165, 1.54) is 7.11 Å². The largest absolute Gasteiger partial charge is 0.453 e. The third-order valence-corrected chi connectivity index (χ3v) is 5.10. The lowest BCUT2D eigenvalue weighted by Crippen LogP contribution is -2.48. The van der Waals surface area contributed by atoms with E-state index < -0.39 is 0 Å². The van der Waals surface area contributed by atoms with Gasteiger partial charge in [-0.2, -0.15) is 0 Å². The maximum absolute atomic E-state index is 12.7. The highest BCUT2D eigenvalue weighted by Gasteiger charge is 2.51. The van der Waals surface area contributed by atoms with Gasteiger partial charge in [-0.1, -0.05) is 23.7 Å². The van der Waals surface area contributed by atoms with E-state index in [9.17, 15) is 9.59 Å². The molecule has 1 saturated heterocycles. The van der Waals surface area contributed by atoms with Crippen molar-refractivity contribution in [3.63, 3.8) is 0 Å². The second kappa shape index (κ2) is 6.40. The monoisotopic (exact) mass is 336 g/mol. The van der Waals surface area contributed by atoms with Gasteiger partial charge in [-0.15, -0.1) is 0 Å². The second-order valence-electron chi connectivity index (χ2n) is 6.29. The predicted molar refractivity (Wildman–Crippen MR) is 87.5 cm³/mol. The van der Waals surface area contributed by atoms with Gasteiger partial charge in [-0.3, -0.25) is 4.79 Å². The Kier molecular flexibility index (Phi) is 4.48. The number of halogens is 1. The highest BCUT2D eigenvalue weighted by Crippen LogP contribution is 2.48. The van der Waals surface area contributed by atoms with Crippen molar-refractivity contribution in [3.05, 3.63) is 34.9 Å². The topological polar surface area (TPSA) is 58.6 Å².